The Morgan fingerprint density at radius 3 is 2.13 bits per heavy atom. The van der Waals surface area contributed by atoms with Crippen LogP contribution >= 0.6 is 0 Å². The van der Waals surface area contributed by atoms with Gasteiger partial charge >= 0.3 is 11.9 Å². The van der Waals surface area contributed by atoms with E-state index in [0.29, 0.717) is 23.7 Å². The smallest absolute Gasteiger partial charge is 0.316 e. The van der Waals surface area contributed by atoms with Gasteiger partial charge in [-0.3, -0.25) is 9.59 Å². The lowest BCUT2D eigenvalue weighted by atomic mass is 9.35. The number of aliphatic hydroxyl groups is 2. The fraction of sp³-hybridized carbons (Fsp3) is 0.875. The summed E-state index contributed by atoms with van der Waals surface area (Å²) >= 11 is 0. The van der Waals surface area contributed by atoms with Crippen molar-refractivity contribution in [2.45, 2.75) is 105 Å². The van der Waals surface area contributed by atoms with E-state index in [0.717, 1.165) is 30.8 Å². The Morgan fingerprint density at radius 1 is 0.895 bits per heavy atom. The summed E-state index contributed by atoms with van der Waals surface area (Å²) in [6, 6.07) is 0. The Balaban J connectivity index is 1.66. The van der Waals surface area contributed by atoms with E-state index >= 15 is 0 Å². The zero-order valence-corrected chi connectivity index (χ0v) is 24.8. The number of hydrogen-bond donors (Lipinski definition) is 2. The van der Waals surface area contributed by atoms with Crippen LogP contribution in [0.2, 0.25) is 0 Å². The molecule has 5 rings (SSSR count). The van der Waals surface area contributed by atoms with Gasteiger partial charge in [-0.2, -0.15) is 0 Å². The predicted molar refractivity (Wildman–Crippen MR) is 145 cm³/mol. The maximum atomic E-state index is 13.9. The number of rotatable bonds is 3. The predicted octanol–water partition coefficient (Wildman–Crippen LogP) is 5.30. The van der Waals surface area contributed by atoms with Crippen LogP contribution in [-0.2, 0) is 19.1 Å². The summed E-state index contributed by atoms with van der Waals surface area (Å²) in [5, 5.41) is 22.3. The van der Waals surface area contributed by atoms with Crippen molar-refractivity contribution in [3.63, 3.8) is 0 Å². The topological polar surface area (TPSA) is 93.1 Å². The number of fused-ring (bicyclic) bond motifs is 7. The first-order valence-electron chi connectivity index (χ1n) is 14.9. The summed E-state index contributed by atoms with van der Waals surface area (Å²) in [6.45, 7) is 14.0. The lowest BCUT2D eigenvalue weighted by molar-refractivity contribution is -0.217. The van der Waals surface area contributed by atoms with Gasteiger partial charge < -0.3 is 19.7 Å². The zero-order chi connectivity index (χ0) is 28.1. The summed E-state index contributed by atoms with van der Waals surface area (Å²) in [5.41, 5.74) is -1.07. The van der Waals surface area contributed by atoms with Crippen molar-refractivity contribution in [1.29, 1.82) is 0 Å². The van der Waals surface area contributed by atoms with Crippen molar-refractivity contribution < 1.29 is 29.3 Å². The third kappa shape index (κ3) is 3.14. The molecule has 5 aliphatic rings. The minimum absolute atomic E-state index is 0.00179. The fourth-order valence-corrected chi connectivity index (χ4v) is 11.6. The highest BCUT2D eigenvalue weighted by molar-refractivity contribution is 5.86. The van der Waals surface area contributed by atoms with Gasteiger partial charge in [-0.25, -0.2) is 0 Å². The highest BCUT2D eigenvalue weighted by Gasteiger charge is 2.73. The maximum Gasteiger partial charge on any atom is 0.316 e. The third-order valence-electron chi connectivity index (χ3n) is 13.6. The zero-order valence-electron chi connectivity index (χ0n) is 24.8. The molecule has 5 aliphatic carbocycles. The van der Waals surface area contributed by atoms with E-state index in [-0.39, 0.29) is 23.2 Å². The molecule has 0 aliphatic heterocycles. The third-order valence-corrected chi connectivity index (χ3v) is 13.6. The Hall–Kier alpha value is -1.40. The second-order valence-corrected chi connectivity index (χ2v) is 14.8. The highest BCUT2D eigenvalue weighted by atomic mass is 16.5. The molecule has 6 nitrogen and oxygen atoms in total. The average molecular weight is 531 g/mol. The van der Waals surface area contributed by atoms with Crippen LogP contribution in [0.1, 0.15) is 92.9 Å². The van der Waals surface area contributed by atoms with E-state index in [1.54, 1.807) is 6.92 Å². The van der Waals surface area contributed by atoms with Crippen LogP contribution in [0.15, 0.2) is 11.6 Å². The summed E-state index contributed by atoms with van der Waals surface area (Å²) in [4.78, 5) is 27.2. The molecule has 0 unspecified atom stereocenters. The first-order chi connectivity index (χ1) is 17.7. The van der Waals surface area contributed by atoms with E-state index < -0.39 is 40.9 Å². The minimum Gasteiger partial charge on any atom is -0.469 e. The van der Waals surface area contributed by atoms with Crippen molar-refractivity contribution in [1.82, 2.24) is 0 Å². The molecular weight excluding hydrogens is 480 g/mol. The standard InChI is InChI=1S/C32H50O6/c1-18(2)19-9-11-23-28(19,3)15-16-29(4)20-10-12-24-31(6,26(35)37-7)25(34)22(33)17-32(24,27(36)38-8)21(20)13-14-30(23,29)5/h13,18-20,22-25,33-34H,9-12,14-17H2,1-8H3/t19-,20+,22-,23-,24+,25+,28-,29-,30+,31-,32+/m1/s1. The average Bonchev–Trinajstić information content (AvgIpc) is 3.25. The lowest BCUT2D eigenvalue weighted by Gasteiger charge is -2.69. The molecule has 0 saturated heterocycles. The van der Waals surface area contributed by atoms with E-state index in [1.807, 2.05) is 0 Å². The van der Waals surface area contributed by atoms with Gasteiger partial charge in [-0.05, 0) is 104 Å². The van der Waals surface area contributed by atoms with Gasteiger partial charge in [0.25, 0.3) is 0 Å². The monoisotopic (exact) mass is 530 g/mol. The molecule has 2 N–H and O–H groups in total. The summed E-state index contributed by atoms with van der Waals surface area (Å²) < 4.78 is 10.7. The Labute approximate surface area is 228 Å². The van der Waals surface area contributed by atoms with Crippen molar-refractivity contribution in [3.8, 4) is 0 Å². The maximum absolute atomic E-state index is 13.9. The number of methoxy groups -OCH3 is 2. The highest BCUT2D eigenvalue weighted by Crippen LogP contribution is 2.76. The van der Waals surface area contributed by atoms with Crippen LogP contribution in [0.4, 0.5) is 0 Å². The van der Waals surface area contributed by atoms with Gasteiger partial charge in [0.05, 0.1) is 37.3 Å². The van der Waals surface area contributed by atoms with E-state index in [2.05, 4.69) is 40.7 Å². The van der Waals surface area contributed by atoms with E-state index in [9.17, 15) is 19.8 Å². The van der Waals surface area contributed by atoms with E-state index in [1.165, 1.54) is 33.5 Å². The molecule has 0 aromatic rings. The molecule has 0 amide bonds. The number of ether oxygens (including phenoxy) is 2. The molecule has 0 aromatic heterocycles. The number of carbonyl (C=O) groups excluding carboxylic acids is 2. The molecule has 6 heteroatoms. The molecule has 0 spiro atoms. The van der Waals surface area contributed by atoms with Crippen LogP contribution in [-0.4, -0.2) is 48.6 Å². The Morgan fingerprint density at radius 2 is 1.53 bits per heavy atom. The number of carbonyl (C=O) groups is 2. The second kappa shape index (κ2) is 8.80. The minimum atomic E-state index is -1.41. The molecule has 11 atom stereocenters. The van der Waals surface area contributed by atoms with Gasteiger partial charge in [0, 0.05) is 0 Å². The lowest BCUT2D eigenvalue weighted by Crippen LogP contribution is -2.68. The molecule has 4 saturated carbocycles. The van der Waals surface area contributed by atoms with Gasteiger partial charge in [0.1, 0.15) is 0 Å². The van der Waals surface area contributed by atoms with Gasteiger partial charge in [0.2, 0.25) is 0 Å². The SMILES string of the molecule is COC(=O)[C@]12C[C@@H](O)[C@H](O)[C@](C)(C(=O)OC)[C@@H]1CC[C@H]1C2=CC[C@@]2(C)[C@@H]3CC[C@H](C(C)C)[C@@]3(C)CC[C@]12C. The van der Waals surface area contributed by atoms with Crippen LogP contribution in [0.5, 0.6) is 0 Å². The molecule has 0 bridgehead atoms. The summed E-state index contributed by atoms with van der Waals surface area (Å²) in [7, 11) is 2.71. The fourth-order valence-electron chi connectivity index (χ4n) is 11.6. The molecule has 214 valence electrons. The summed E-state index contributed by atoms with van der Waals surface area (Å²) in [5.74, 6) is 0.743. The molecular formula is C32H50O6. The van der Waals surface area contributed by atoms with E-state index in [4.69, 9.17) is 9.47 Å². The van der Waals surface area contributed by atoms with Crippen molar-refractivity contribution >= 4 is 11.9 Å². The van der Waals surface area contributed by atoms with Crippen LogP contribution in [0.25, 0.3) is 0 Å². The molecule has 0 aromatic carbocycles. The number of esters is 2. The Kier molecular flexibility index (Phi) is 6.52. The number of aliphatic hydroxyl groups excluding tert-OH is 2. The van der Waals surface area contributed by atoms with Crippen molar-refractivity contribution in [2.24, 2.45) is 56.7 Å². The molecule has 0 heterocycles. The van der Waals surface area contributed by atoms with Crippen LogP contribution in [0.3, 0.4) is 0 Å². The number of hydrogen-bond acceptors (Lipinski definition) is 6. The van der Waals surface area contributed by atoms with Gasteiger partial charge in [0.15, 0.2) is 0 Å². The van der Waals surface area contributed by atoms with Crippen molar-refractivity contribution in [2.75, 3.05) is 14.2 Å². The largest absolute Gasteiger partial charge is 0.469 e. The van der Waals surface area contributed by atoms with Crippen LogP contribution < -0.4 is 0 Å². The van der Waals surface area contributed by atoms with Crippen molar-refractivity contribution in [3.05, 3.63) is 11.6 Å². The van der Waals surface area contributed by atoms with Gasteiger partial charge in [-0.15, -0.1) is 0 Å². The molecule has 38 heavy (non-hydrogen) atoms. The molecule has 4 fully saturated rings. The van der Waals surface area contributed by atoms with Gasteiger partial charge in [-0.1, -0.05) is 46.3 Å². The second-order valence-electron chi connectivity index (χ2n) is 14.8. The first-order valence-corrected chi connectivity index (χ1v) is 14.9. The Bertz CT molecular complexity index is 1030. The molecule has 0 radical (unpaired) electrons. The normalized spacial score (nSPS) is 51.7. The first kappa shape index (κ1) is 28.1. The quantitative estimate of drug-likeness (QED) is 0.380. The summed E-state index contributed by atoms with van der Waals surface area (Å²) in [6.07, 6.45) is 7.07. The number of allylic oxidation sites excluding steroid dienone is 1. The van der Waals surface area contributed by atoms with Crippen LogP contribution in [0, 0.1) is 56.7 Å².